The molecule has 0 atom stereocenters. The molecule has 1 saturated carbocycles. The Morgan fingerprint density at radius 2 is 2.05 bits per heavy atom. The van der Waals surface area contributed by atoms with Gasteiger partial charge in [-0.1, -0.05) is 25.5 Å². The summed E-state index contributed by atoms with van der Waals surface area (Å²) < 4.78 is 5.57. The Kier molecular flexibility index (Phi) is 5.41. The number of hydrogen-bond donors (Lipinski definition) is 1. The highest BCUT2D eigenvalue weighted by molar-refractivity contribution is 5.78. The second-order valence-electron chi connectivity index (χ2n) is 5.31. The van der Waals surface area contributed by atoms with Gasteiger partial charge in [-0.2, -0.15) is 0 Å². The van der Waals surface area contributed by atoms with E-state index < -0.39 is 0 Å². The molecular weight excluding hydrogens is 252 g/mol. The van der Waals surface area contributed by atoms with Gasteiger partial charge in [-0.3, -0.25) is 4.79 Å². The Morgan fingerprint density at radius 3 is 2.60 bits per heavy atom. The summed E-state index contributed by atoms with van der Waals surface area (Å²) >= 11 is 0. The Hall–Kier alpha value is -1.55. The highest BCUT2D eigenvalue weighted by Gasteiger charge is 2.32. The zero-order valence-corrected chi connectivity index (χ0v) is 12.2. The SMILES string of the molecule is CCCCN(C(=O)COc1ccc(CN)cc1)C1CC1. The van der Waals surface area contributed by atoms with Gasteiger partial charge in [0.2, 0.25) is 0 Å². The molecule has 0 heterocycles. The van der Waals surface area contributed by atoms with Crippen molar-refractivity contribution in [1.29, 1.82) is 0 Å². The van der Waals surface area contributed by atoms with Crippen LogP contribution in [0.2, 0.25) is 0 Å². The normalized spacial score (nSPS) is 14.1. The van der Waals surface area contributed by atoms with Crippen LogP contribution in [0, 0.1) is 0 Å². The van der Waals surface area contributed by atoms with Gasteiger partial charge in [-0.25, -0.2) is 0 Å². The van der Waals surface area contributed by atoms with E-state index >= 15 is 0 Å². The van der Waals surface area contributed by atoms with E-state index in [-0.39, 0.29) is 12.5 Å². The van der Waals surface area contributed by atoms with E-state index in [9.17, 15) is 4.79 Å². The Morgan fingerprint density at radius 1 is 1.35 bits per heavy atom. The number of rotatable bonds is 8. The lowest BCUT2D eigenvalue weighted by atomic mass is 10.2. The summed E-state index contributed by atoms with van der Waals surface area (Å²) in [6, 6.07) is 8.04. The number of carbonyl (C=O) groups is 1. The highest BCUT2D eigenvalue weighted by atomic mass is 16.5. The van der Waals surface area contributed by atoms with Crippen molar-refractivity contribution < 1.29 is 9.53 Å². The number of hydrogen-bond acceptors (Lipinski definition) is 3. The van der Waals surface area contributed by atoms with Crippen LogP contribution in [-0.4, -0.2) is 30.0 Å². The van der Waals surface area contributed by atoms with Crippen molar-refractivity contribution in [2.75, 3.05) is 13.2 Å². The third kappa shape index (κ3) is 4.23. The van der Waals surface area contributed by atoms with Gasteiger partial charge in [0.05, 0.1) is 0 Å². The molecule has 1 amide bonds. The van der Waals surface area contributed by atoms with Crippen LogP contribution in [0.25, 0.3) is 0 Å². The lowest BCUT2D eigenvalue weighted by molar-refractivity contribution is -0.134. The minimum absolute atomic E-state index is 0.101. The van der Waals surface area contributed by atoms with Crippen molar-refractivity contribution in [3.63, 3.8) is 0 Å². The zero-order valence-electron chi connectivity index (χ0n) is 12.2. The number of benzene rings is 1. The Bertz CT molecular complexity index is 427. The minimum Gasteiger partial charge on any atom is -0.484 e. The summed E-state index contributed by atoms with van der Waals surface area (Å²) in [6.07, 6.45) is 4.45. The fourth-order valence-corrected chi connectivity index (χ4v) is 2.18. The first-order valence-corrected chi connectivity index (χ1v) is 7.46. The van der Waals surface area contributed by atoms with Gasteiger partial charge in [0.1, 0.15) is 5.75 Å². The molecule has 2 N–H and O–H groups in total. The number of unbranched alkanes of at least 4 members (excludes halogenated alkanes) is 1. The summed E-state index contributed by atoms with van der Waals surface area (Å²) in [5.74, 6) is 0.825. The molecule has 2 rings (SSSR count). The predicted molar refractivity (Wildman–Crippen MR) is 79.5 cm³/mol. The fourth-order valence-electron chi connectivity index (χ4n) is 2.18. The number of amides is 1. The van der Waals surface area contributed by atoms with E-state index in [1.807, 2.05) is 29.2 Å². The lowest BCUT2D eigenvalue weighted by Gasteiger charge is -2.22. The predicted octanol–water partition coefficient (Wildman–Crippen LogP) is 2.32. The first-order chi connectivity index (χ1) is 9.74. The van der Waals surface area contributed by atoms with Gasteiger partial charge in [-0.05, 0) is 37.0 Å². The maximum Gasteiger partial charge on any atom is 0.260 e. The molecule has 110 valence electrons. The fraction of sp³-hybridized carbons (Fsp3) is 0.562. The quantitative estimate of drug-likeness (QED) is 0.792. The number of nitrogens with two attached hydrogens (primary N) is 1. The molecule has 0 radical (unpaired) electrons. The number of nitrogens with zero attached hydrogens (tertiary/aromatic N) is 1. The molecule has 0 unspecified atom stereocenters. The highest BCUT2D eigenvalue weighted by Crippen LogP contribution is 2.27. The summed E-state index contributed by atoms with van der Waals surface area (Å²) in [4.78, 5) is 14.2. The summed E-state index contributed by atoms with van der Waals surface area (Å²) in [6.45, 7) is 3.65. The van der Waals surface area contributed by atoms with Crippen molar-refractivity contribution in [3.05, 3.63) is 29.8 Å². The zero-order chi connectivity index (χ0) is 14.4. The summed E-state index contributed by atoms with van der Waals surface area (Å²) in [7, 11) is 0. The van der Waals surface area contributed by atoms with Crippen LogP contribution in [0.5, 0.6) is 5.75 Å². The van der Waals surface area contributed by atoms with Gasteiger partial charge in [0.15, 0.2) is 6.61 Å². The monoisotopic (exact) mass is 276 g/mol. The molecule has 4 nitrogen and oxygen atoms in total. The van der Waals surface area contributed by atoms with E-state index in [0.717, 1.165) is 43.5 Å². The van der Waals surface area contributed by atoms with E-state index in [0.29, 0.717) is 12.6 Å². The molecule has 1 fully saturated rings. The number of carbonyl (C=O) groups excluding carboxylic acids is 1. The molecule has 1 aromatic rings. The molecular formula is C16H24N2O2. The lowest BCUT2D eigenvalue weighted by Crippen LogP contribution is -2.37. The second kappa shape index (κ2) is 7.29. The van der Waals surface area contributed by atoms with Gasteiger partial charge in [-0.15, -0.1) is 0 Å². The van der Waals surface area contributed by atoms with E-state index in [1.165, 1.54) is 0 Å². The largest absolute Gasteiger partial charge is 0.484 e. The van der Waals surface area contributed by atoms with Crippen LogP contribution >= 0.6 is 0 Å². The summed E-state index contributed by atoms with van der Waals surface area (Å²) in [5, 5.41) is 0. The molecule has 0 aromatic heterocycles. The van der Waals surface area contributed by atoms with Crippen molar-refractivity contribution in [2.24, 2.45) is 5.73 Å². The van der Waals surface area contributed by atoms with Crippen LogP contribution < -0.4 is 10.5 Å². The van der Waals surface area contributed by atoms with Gasteiger partial charge in [0, 0.05) is 19.1 Å². The molecule has 0 saturated heterocycles. The Labute approximate surface area is 120 Å². The molecule has 0 bridgehead atoms. The van der Waals surface area contributed by atoms with E-state index in [2.05, 4.69) is 6.92 Å². The standard InChI is InChI=1S/C16H24N2O2/c1-2-3-10-18(14-6-7-14)16(19)12-20-15-8-4-13(11-17)5-9-15/h4-5,8-9,14H,2-3,6-7,10-12,17H2,1H3. The molecule has 0 spiro atoms. The third-order valence-electron chi connectivity index (χ3n) is 3.58. The summed E-state index contributed by atoms with van der Waals surface area (Å²) in [5.41, 5.74) is 6.61. The molecule has 4 heteroatoms. The molecule has 1 aliphatic carbocycles. The van der Waals surface area contributed by atoms with Crippen molar-refractivity contribution in [3.8, 4) is 5.75 Å². The van der Waals surface area contributed by atoms with E-state index in [1.54, 1.807) is 0 Å². The molecule has 1 aromatic carbocycles. The van der Waals surface area contributed by atoms with Crippen LogP contribution in [0.15, 0.2) is 24.3 Å². The first kappa shape index (κ1) is 14.9. The average Bonchev–Trinajstić information content (AvgIpc) is 3.31. The molecule has 1 aliphatic rings. The van der Waals surface area contributed by atoms with Crippen LogP contribution in [0.1, 0.15) is 38.2 Å². The van der Waals surface area contributed by atoms with Gasteiger partial charge >= 0.3 is 0 Å². The van der Waals surface area contributed by atoms with Crippen molar-refractivity contribution >= 4 is 5.91 Å². The Balaban J connectivity index is 1.82. The average molecular weight is 276 g/mol. The van der Waals surface area contributed by atoms with Crippen molar-refractivity contribution in [1.82, 2.24) is 4.90 Å². The van der Waals surface area contributed by atoms with Gasteiger partial charge in [0.25, 0.3) is 5.91 Å². The van der Waals surface area contributed by atoms with E-state index in [4.69, 9.17) is 10.5 Å². The molecule has 0 aliphatic heterocycles. The van der Waals surface area contributed by atoms with Crippen LogP contribution in [0.4, 0.5) is 0 Å². The second-order valence-corrected chi connectivity index (χ2v) is 5.31. The third-order valence-corrected chi connectivity index (χ3v) is 3.58. The maximum atomic E-state index is 12.2. The number of ether oxygens (including phenoxy) is 1. The van der Waals surface area contributed by atoms with Gasteiger partial charge < -0.3 is 15.4 Å². The molecule has 20 heavy (non-hydrogen) atoms. The maximum absolute atomic E-state index is 12.2. The minimum atomic E-state index is 0.101. The topological polar surface area (TPSA) is 55.6 Å². The smallest absolute Gasteiger partial charge is 0.260 e. The van der Waals surface area contributed by atoms with Crippen LogP contribution in [0.3, 0.4) is 0 Å². The van der Waals surface area contributed by atoms with Crippen LogP contribution in [-0.2, 0) is 11.3 Å². The first-order valence-electron chi connectivity index (χ1n) is 7.46. The van der Waals surface area contributed by atoms with Crippen molar-refractivity contribution in [2.45, 2.75) is 45.2 Å².